The number of aromatic nitrogens is 2. The van der Waals surface area contributed by atoms with E-state index < -0.39 is 11.9 Å². The Kier molecular flexibility index (Phi) is 5.04. The van der Waals surface area contributed by atoms with Gasteiger partial charge in [0.1, 0.15) is 23.2 Å². The molecule has 2 aromatic carbocycles. The molecular weight excluding hydrogens is 369 g/mol. The molecule has 4 rings (SSSR count). The number of phenols is 1. The van der Waals surface area contributed by atoms with E-state index in [0.717, 1.165) is 25.9 Å². The van der Waals surface area contributed by atoms with Gasteiger partial charge in [-0.05, 0) is 38.1 Å². The molecule has 0 spiro atoms. The Labute approximate surface area is 161 Å². The zero-order valence-electron chi connectivity index (χ0n) is 15.0. The molecule has 0 amide bonds. The first-order chi connectivity index (χ1) is 13.0. The van der Waals surface area contributed by atoms with Gasteiger partial charge in [0, 0.05) is 18.7 Å². The average molecular weight is 390 g/mol. The standard InChI is InChI=1S/C20H21ClFN3O2/c1-25-10-8-12(9-11-25)27-19(13-4-2-3-5-16(13)26)20-23-15-7-6-14(21)17(22)18(15)24-20/h2-7,12,19,26H,8-11H2,1H3,(H,23,24)/t19-/m1/s1. The maximum Gasteiger partial charge on any atom is 0.169 e. The normalized spacial score (nSPS) is 17.4. The van der Waals surface area contributed by atoms with Gasteiger partial charge in [0.15, 0.2) is 5.82 Å². The van der Waals surface area contributed by atoms with E-state index >= 15 is 0 Å². The Morgan fingerprint density at radius 3 is 2.74 bits per heavy atom. The fourth-order valence-corrected chi connectivity index (χ4v) is 3.62. The highest BCUT2D eigenvalue weighted by atomic mass is 35.5. The number of para-hydroxylation sites is 1. The van der Waals surface area contributed by atoms with E-state index in [0.29, 0.717) is 16.9 Å². The summed E-state index contributed by atoms with van der Waals surface area (Å²) in [7, 11) is 2.09. The number of halogens is 2. The number of likely N-dealkylation sites (tertiary alicyclic amines) is 1. The summed E-state index contributed by atoms with van der Waals surface area (Å²) in [4.78, 5) is 9.80. The van der Waals surface area contributed by atoms with Crippen molar-refractivity contribution in [3.05, 3.63) is 58.6 Å². The minimum absolute atomic E-state index is 0.0240. The number of imidazole rings is 1. The number of ether oxygens (including phenoxy) is 1. The highest BCUT2D eigenvalue weighted by Gasteiger charge is 2.28. The number of aromatic hydroxyl groups is 1. The number of nitrogens with one attached hydrogen (secondary N) is 1. The number of piperidine rings is 1. The van der Waals surface area contributed by atoms with Crippen molar-refractivity contribution in [3.8, 4) is 5.75 Å². The molecule has 3 aromatic rings. The second kappa shape index (κ2) is 7.46. The molecule has 2 N–H and O–H groups in total. The van der Waals surface area contributed by atoms with Crippen LogP contribution < -0.4 is 0 Å². The molecule has 1 fully saturated rings. The lowest BCUT2D eigenvalue weighted by Gasteiger charge is -2.31. The number of hydrogen-bond acceptors (Lipinski definition) is 4. The smallest absolute Gasteiger partial charge is 0.169 e. The molecule has 5 nitrogen and oxygen atoms in total. The third-order valence-corrected chi connectivity index (χ3v) is 5.32. The number of H-pyrrole nitrogens is 1. The average Bonchev–Trinajstić information content (AvgIpc) is 3.10. The SMILES string of the molecule is CN1CCC(O[C@@H](c2nc3c(F)c(Cl)ccc3[nH]2)c2ccccc2O)CC1. The number of nitrogens with zero attached hydrogens (tertiary/aromatic N) is 2. The maximum atomic E-state index is 14.3. The lowest BCUT2D eigenvalue weighted by Crippen LogP contribution is -2.35. The van der Waals surface area contributed by atoms with E-state index in [1.54, 1.807) is 24.3 Å². The van der Waals surface area contributed by atoms with Gasteiger partial charge < -0.3 is 19.7 Å². The second-order valence-corrected chi connectivity index (χ2v) is 7.36. The van der Waals surface area contributed by atoms with E-state index in [1.807, 2.05) is 6.07 Å². The van der Waals surface area contributed by atoms with Gasteiger partial charge in [-0.1, -0.05) is 29.8 Å². The summed E-state index contributed by atoms with van der Waals surface area (Å²) in [5.74, 6) is 0.00738. The Balaban J connectivity index is 1.73. The molecule has 7 heteroatoms. The molecule has 0 unspecified atom stereocenters. The Bertz CT molecular complexity index is 954. The van der Waals surface area contributed by atoms with E-state index in [9.17, 15) is 9.50 Å². The van der Waals surface area contributed by atoms with Gasteiger partial charge in [0.25, 0.3) is 0 Å². The summed E-state index contributed by atoms with van der Waals surface area (Å²) in [6.45, 7) is 1.89. The monoisotopic (exact) mass is 389 g/mol. The maximum absolute atomic E-state index is 14.3. The lowest BCUT2D eigenvalue weighted by atomic mass is 10.0. The van der Waals surface area contributed by atoms with Crippen LogP contribution in [0.5, 0.6) is 5.75 Å². The Morgan fingerprint density at radius 1 is 1.26 bits per heavy atom. The summed E-state index contributed by atoms with van der Waals surface area (Å²) in [6.07, 6.45) is 1.19. The molecule has 0 bridgehead atoms. The summed E-state index contributed by atoms with van der Waals surface area (Å²) < 4.78 is 20.7. The Morgan fingerprint density at radius 2 is 2.00 bits per heavy atom. The molecular formula is C20H21ClFN3O2. The summed E-state index contributed by atoms with van der Waals surface area (Å²) in [5.41, 5.74) is 1.31. The van der Waals surface area contributed by atoms with Crippen molar-refractivity contribution in [3.63, 3.8) is 0 Å². The first-order valence-corrected chi connectivity index (χ1v) is 9.36. The first-order valence-electron chi connectivity index (χ1n) is 8.98. The van der Waals surface area contributed by atoms with Gasteiger partial charge in [0.2, 0.25) is 0 Å². The molecule has 142 valence electrons. The first kappa shape index (κ1) is 18.2. The lowest BCUT2D eigenvalue weighted by molar-refractivity contribution is -0.0271. The number of aromatic amines is 1. The van der Waals surface area contributed by atoms with Crippen LogP contribution >= 0.6 is 11.6 Å². The molecule has 1 aromatic heterocycles. The van der Waals surface area contributed by atoms with E-state index in [-0.39, 0.29) is 22.4 Å². The fourth-order valence-electron chi connectivity index (χ4n) is 3.47. The van der Waals surface area contributed by atoms with Gasteiger partial charge >= 0.3 is 0 Å². The molecule has 0 aliphatic carbocycles. The third kappa shape index (κ3) is 3.65. The van der Waals surface area contributed by atoms with Crippen molar-refractivity contribution < 1.29 is 14.2 Å². The van der Waals surface area contributed by atoms with Crippen molar-refractivity contribution in [2.24, 2.45) is 0 Å². The summed E-state index contributed by atoms with van der Waals surface area (Å²) >= 11 is 5.88. The van der Waals surface area contributed by atoms with Crippen LogP contribution in [0.1, 0.15) is 30.3 Å². The van der Waals surface area contributed by atoms with E-state index in [2.05, 4.69) is 21.9 Å². The van der Waals surface area contributed by atoms with Crippen LogP contribution in [-0.2, 0) is 4.74 Å². The van der Waals surface area contributed by atoms with Gasteiger partial charge in [-0.3, -0.25) is 0 Å². The fraction of sp³-hybridized carbons (Fsp3) is 0.350. The molecule has 0 radical (unpaired) electrons. The van der Waals surface area contributed by atoms with Gasteiger partial charge in [0.05, 0.1) is 16.6 Å². The molecule has 2 heterocycles. The predicted octanol–water partition coefficient (Wildman–Crippen LogP) is 4.26. The van der Waals surface area contributed by atoms with Crippen LogP contribution in [0.25, 0.3) is 11.0 Å². The molecule has 1 atom stereocenters. The van der Waals surface area contributed by atoms with Crippen LogP contribution in [0.4, 0.5) is 4.39 Å². The quantitative estimate of drug-likeness (QED) is 0.699. The van der Waals surface area contributed by atoms with E-state index in [4.69, 9.17) is 16.3 Å². The van der Waals surface area contributed by atoms with Crippen molar-refractivity contribution >= 4 is 22.6 Å². The van der Waals surface area contributed by atoms with Gasteiger partial charge in [-0.25, -0.2) is 9.37 Å². The molecule has 27 heavy (non-hydrogen) atoms. The van der Waals surface area contributed by atoms with Crippen molar-refractivity contribution in [1.29, 1.82) is 0 Å². The molecule has 1 saturated heterocycles. The number of fused-ring (bicyclic) bond motifs is 1. The highest BCUT2D eigenvalue weighted by Crippen LogP contribution is 2.35. The van der Waals surface area contributed by atoms with Crippen molar-refractivity contribution in [2.45, 2.75) is 25.0 Å². The summed E-state index contributed by atoms with van der Waals surface area (Å²) in [6, 6.07) is 10.2. The van der Waals surface area contributed by atoms with E-state index in [1.165, 1.54) is 6.07 Å². The van der Waals surface area contributed by atoms with Crippen LogP contribution in [0, 0.1) is 5.82 Å². The van der Waals surface area contributed by atoms with Gasteiger partial charge in [-0.2, -0.15) is 0 Å². The van der Waals surface area contributed by atoms with Crippen LogP contribution in [-0.4, -0.2) is 46.2 Å². The number of rotatable bonds is 4. The third-order valence-electron chi connectivity index (χ3n) is 5.03. The van der Waals surface area contributed by atoms with Crippen LogP contribution in [0.2, 0.25) is 5.02 Å². The number of benzene rings is 2. The minimum atomic E-state index is -0.620. The highest BCUT2D eigenvalue weighted by molar-refractivity contribution is 6.31. The van der Waals surface area contributed by atoms with Crippen molar-refractivity contribution in [2.75, 3.05) is 20.1 Å². The molecule has 0 saturated carbocycles. The van der Waals surface area contributed by atoms with Crippen molar-refractivity contribution in [1.82, 2.24) is 14.9 Å². The van der Waals surface area contributed by atoms with Crippen LogP contribution in [0.15, 0.2) is 36.4 Å². The zero-order valence-corrected chi connectivity index (χ0v) is 15.7. The van der Waals surface area contributed by atoms with Gasteiger partial charge in [-0.15, -0.1) is 0 Å². The second-order valence-electron chi connectivity index (χ2n) is 6.96. The molecule has 1 aliphatic heterocycles. The topological polar surface area (TPSA) is 61.4 Å². The van der Waals surface area contributed by atoms with Crippen LogP contribution in [0.3, 0.4) is 0 Å². The molecule has 1 aliphatic rings. The zero-order chi connectivity index (χ0) is 19.0. The largest absolute Gasteiger partial charge is 0.508 e. The number of hydrogen-bond donors (Lipinski definition) is 2. The number of phenolic OH excluding ortho intramolecular Hbond substituents is 1. The Hall–Kier alpha value is -2.15. The minimum Gasteiger partial charge on any atom is -0.508 e. The predicted molar refractivity (Wildman–Crippen MR) is 103 cm³/mol. The summed E-state index contributed by atoms with van der Waals surface area (Å²) in [5, 5.41) is 10.4.